The maximum Gasteiger partial charge on any atom is 0.338 e. The van der Waals surface area contributed by atoms with Crippen molar-refractivity contribution in [2.45, 2.75) is 25.0 Å². The number of carbonyl (C=O) groups is 4. The Morgan fingerprint density at radius 3 is 1.50 bits per heavy atom. The van der Waals surface area contributed by atoms with Gasteiger partial charge in [0, 0.05) is 58.2 Å². The van der Waals surface area contributed by atoms with Gasteiger partial charge >= 0.3 is 11.9 Å². The van der Waals surface area contributed by atoms with Gasteiger partial charge in [-0.15, -0.1) is 0 Å². The van der Waals surface area contributed by atoms with Crippen molar-refractivity contribution >= 4 is 45.6 Å². The average Bonchev–Trinajstić information content (AvgIpc) is 3.67. The summed E-state index contributed by atoms with van der Waals surface area (Å²) < 4.78 is 9.72. The van der Waals surface area contributed by atoms with Crippen LogP contribution in [0.2, 0.25) is 0 Å². The van der Waals surface area contributed by atoms with Gasteiger partial charge in [-0.05, 0) is 41.5 Å². The number of nitrogens with one attached hydrogen (secondary N) is 4. The largest absolute Gasteiger partial charge is 0.467 e. The first-order valence-corrected chi connectivity index (χ1v) is 13.7. The second-order valence-corrected chi connectivity index (χ2v) is 9.83. The Bertz CT molecular complexity index is 1680. The normalized spacial score (nSPS) is 12.4. The van der Waals surface area contributed by atoms with E-state index in [4.69, 9.17) is 19.1 Å². The van der Waals surface area contributed by atoms with Crippen LogP contribution in [-0.2, 0) is 41.6 Å². The van der Waals surface area contributed by atoms with Crippen LogP contribution < -0.4 is 11.0 Å². The highest BCUT2D eigenvalue weighted by atomic mass is 16.7. The predicted molar refractivity (Wildman–Crippen MR) is 159 cm³/mol. The Labute approximate surface area is 251 Å². The molecule has 0 aliphatic heterocycles. The summed E-state index contributed by atoms with van der Waals surface area (Å²) in [6.07, 6.45) is 1.54. The monoisotopic (exact) mass is 598 g/mol. The van der Waals surface area contributed by atoms with Gasteiger partial charge in [0.25, 0.3) is 11.8 Å². The summed E-state index contributed by atoms with van der Waals surface area (Å²) in [5, 5.41) is 1.82. The molecule has 226 valence electrons. The fourth-order valence-electron chi connectivity index (χ4n) is 4.78. The molecule has 5 aromatic rings. The highest BCUT2D eigenvalue weighted by Gasteiger charge is 2.26. The number of hydroxylamine groups is 2. The van der Waals surface area contributed by atoms with Gasteiger partial charge in [-0.1, -0.05) is 42.5 Å². The van der Waals surface area contributed by atoms with Gasteiger partial charge in [-0.25, -0.2) is 20.5 Å². The van der Waals surface area contributed by atoms with Crippen LogP contribution >= 0.6 is 0 Å². The summed E-state index contributed by atoms with van der Waals surface area (Å²) in [5.41, 5.74) is 8.11. The van der Waals surface area contributed by atoms with Crippen molar-refractivity contribution in [2.24, 2.45) is 0 Å². The first kappa shape index (κ1) is 30.0. The third kappa shape index (κ3) is 6.77. The number of amides is 2. The highest BCUT2D eigenvalue weighted by molar-refractivity contribution is 5.99. The lowest BCUT2D eigenvalue weighted by Crippen LogP contribution is -2.37. The molecular weight excluding hydrogens is 568 g/mol. The molecule has 0 saturated carbocycles. The van der Waals surface area contributed by atoms with Crippen molar-refractivity contribution in [1.82, 2.24) is 20.9 Å². The maximum atomic E-state index is 12.9. The first-order valence-electron chi connectivity index (χ1n) is 13.7. The molecule has 0 fully saturated rings. The Kier molecular flexibility index (Phi) is 9.33. The molecule has 0 radical (unpaired) electrons. The van der Waals surface area contributed by atoms with E-state index in [1.54, 1.807) is 12.4 Å². The quantitative estimate of drug-likeness (QED) is 0.125. The van der Waals surface area contributed by atoms with Crippen LogP contribution in [0.1, 0.15) is 31.8 Å². The third-order valence-corrected chi connectivity index (χ3v) is 7.06. The summed E-state index contributed by atoms with van der Waals surface area (Å²) in [6.45, 7) is 0. The number of aromatic nitrogens is 2. The van der Waals surface area contributed by atoms with Gasteiger partial charge in [0.2, 0.25) is 0 Å². The number of carbonyl (C=O) groups excluding carboxylic acids is 4. The molecule has 2 atom stereocenters. The zero-order valence-corrected chi connectivity index (χ0v) is 23.9. The number of rotatable bonds is 12. The number of fused-ring (bicyclic) bond motifs is 2. The van der Waals surface area contributed by atoms with Crippen LogP contribution in [0, 0.1) is 0 Å². The number of hydrogen-bond donors (Lipinski definition) is 4. The lowest BCUT2D eigenvalue weighted by atomic mass is 10.1. The molecule has 5 rings (SSSR count). The molecule has 2 heterocycles. The molecule has 12 nitrogen and oxygen atoms in total. The number of esters is 2. The molecule has 0 aliphatic rings. The van der Waals surface area contributed by atoms with E-state index in [-0.39, 0.29) is 24.0 Å². The van der Waals surface area contributed by atoms with Crippen LogP contribution in [0.5, 0.6) is 0 Å². The van der Waals surface area contributed by atoms with Gasteiger partial charge in [-0.3, -0.25) is 19.3 Å². The smallest absolute Gasteiger partial charge is 0.338 e. The molecule has 12 heteroatoms. The molecule has 2 amide bonds. The number of aromatic amines is 2. The first-order chi connectivity index (χ1) is 21.4. The van der Waals surface area contributed by atoms with Crippen LogP contribution in [0.4, 0.5) is 0 Å². The number of benzene rings is 3. The van der Waals surface area contributed by atoms with Crippen molar-refractivity contribution in [2.75, 3.05) is 14.2 Å². The van der Waals surface area contributed by atoms with Crippen molar-refractivity contribution in [1.29, 1.82) is 0 Å². The molecule has 3 aromatic carbocycles. The van der Waals surface area contributed by atoms with E-state index in [2.05, 4.69) is 20.9 Å². The molecule has 0 aliphatic carbocycles. The van der Waals surface area contributed by atoms with Crippen molar-refractivity contribution in [3.8, 4) is 0 Å². The summed E-state index contributed by atoms with van der Waals surface area (Å²) >= 11 is 0. The summed E-state index contributed by atoms with van der Waals surface area (Å²) in [7, 11) is 2.45. The Balaban J connectivity index is 1.21. The number of H-pyrrole nitrogens is 2. The third-order valence-electron chi connectivity index (χ3n) is 7.06. The molecule has 0 bridgehead atoms. The lowest BCUT2D eigenvalue weighted by molar-refractivity contribution is -0.158. The van der Waals surface area contributed by atoms with Gasteiger partial charge in [0.1, 0.15) is 0 Å². The molecule has 0 unspecified atom stereocenters. The van der Waals surface area contributed by atoms with E-state index < -0.39 is 36.0 Å². The van der Waals surface area contributed by atoms with E-state index in [9.17, 15) is 19.2 Å². The number of ether oxygens (including phenoxy) is 2. The molecule has 4 N–H and O–H groups in total. The zero-order chi connectivity index (χ0) is 31.1. The van der Waals surface area contributed by atoms with Crippen LogP contribution in [0.3, 0.4) is 0 Å². The Morgan fingerprint density at radius 1 is 0.636 bits per heavy atom. The standard InChI is InChI=1S/C32H30N4O8/c1-41-31(39)27(15-21-17-33-25-12-5-3-10-23(21)25)43-35-29(37)19-8-7-9-20(14-19)30(38)36-44-28(32(40)42-2)16-22-18-34-26-13-6-4-11-24(22)26/h3-14,17-18,27-28,33-34H,15-16H2,1-2H3,(H,35,37)(H,36,38)/t27-,28-/m1/s1. The molecule has 2 aromatic heterocycles. The van der Waals surface area contributed by atoms with Gasteiger partial charge < -0.3 is 19.4 Å². The highest BCUT2D eigenvalue weighted by Crippen LogP contribution is 2.21. The minimum Gasteiger partial charge on any atom is -0.467 e. The van der Waals surface area contributed by atoms with Gasteiger partial charge in [0.15, 0.2) is 12.2 Å². The number of methoxy groups -OCH3 is 2. The number of hydrogen-bond acceptors (Lipinski definition) is 8. The Hall–Kier alpha value is -5.46. The predicted octanol–water partition coefficient (Wildman–Crippen LogP) is 3.54. The minimum atomic E-state index is -1.13. The van der Waals surface area contributed by atoms with Gasteiger partial charge in [-0.2, -0.15) is 0 Å². The average molecular weight is 599 g/mol. The maximum absolute atomic E-state index is 12.9. The lowest BCUT2D eigenvalue weighted by Gasteiger charge is -2.16. The van der Waals surface area contributed by atoms with Crippen molar-refractivity contribution < 1.29 is 38.3 Å². The van der Waals surface area contributed by atoms with Crippen molar-refractivity contribution in [3.05, 3.63) is 107 Å². The zero-order valence-electron chi connectivity index (χ0n) is 23.9. The second kappa shape index (κ2) is 13.7. The van der Waals surface area contributed by atoms with E-state index in [0.717, 1.165) is 32.9 Å². The second-order valence-electron chi connectivity index (χ2n) is 9.83. The minimum absolute atomic E-state index is 0.0803. The van der Waals surface area contributed by atoms with E-state index >= 15 is 0 Å². The molecule has 0 spiro atoms. The SMILES string of the molecule is COC(=O)[C@@H](Cc1c[nH]c2ccccc12)ONC(=O)c1cccc(C(=O)NO[C@H](Cc2c[nH]c3ccccc23)C(=O)OC)c1. The van der Waals surface area contributed by atoms with Gasteiger partial charge in [0.05, 0.1) is 14.2 Å². The van der Waals surface area contributed by atoms with Crippen LogP contribution in [-0.4, -0.2) is 60.1 Å². The topological polar surface area (TPSA) is 161 Å². The van der Waals surface area contributed by atoms with E-state index in [1.807, 2.05) is 48.5 Å². The van der Waals surface area contributed by atoms with E-state index in [1.165, 1.54) is 38.5 Å². The van der Waals surface area contributed by atoms with Crippen molar-refractivity contribution in [3.63, 3.8) is 0 Å². The fourth-order valence-corrected chi connectivity index (χ4v) is 4.78. The summed E-state index contributed by atoms with van der Waals surface area (Å²) in [4.78, 5) is 67.8. The van der Waals surface area contributed by atoms with E-state index in [0.29, 0.717) is 0 Å². The molecular formula is C32H30N4O8. The summed E-state index contributed by atoms with van der Waals surface area (Å²) in [5.74, 6) is -2.73. The Morgan fingerprint density at radius 2 is 1.07 bits per heavy atom. The molecule has 0 saturated heterocycles. The molecule has 44 heavy (non-hydrogen) atoms. The van der Waals surface area contributed by atoms with Crippen LogP contribution in [0.15, 0.2) is 85.2 Å². The number of para-hydroxylation sites is 2. The fraction of sp³-hybridized carbons (Fsp3) is 0.188. The summed E-state index contributed by atoms with van der Waals surface area (Å²) in [6, 6.07) is 20.9. The van der Waals surface area contributed by atoms with Crippen LogP contribution in [0.25, 0.3) is 21.8 Å².